The lowest BCUT2D eigenvalue weighted by Crippen LogP contribution is -2.33. The first-order valence-electron chi connectivity index (χ1n) is 7.34. The van der Waals surface area contributed by atoms with Crippen LogP contribution in [0.15, 0.2) is 79.1 Å². The van der Waals surface area contributed by atoms with Crippen molar-refractivity contribution < 1.29 is 4.57 Å². The van der Waals surface area contributed by atoms with Gasteiger partial charge in [0.05, 0.1) is 11.6 Å². The Kier molecular flexibility index (Phi) is 4.27. The molecule has 2 heteroatoms. The zero-order valence-electron chi connectivity index (χ0n) is 12.3. The smallest absolute Gasteiger partial charge is 0.173 e. The van der Waals surface area contributed by atoms with Crippen LogP contribution in [-0.2, 0) is 13.0 Å². The Balaban J connectivity index is 1.67. The molecule has 0 unspecified atom stereocenters. The van der Waals surface area contributed by atoms with Crippen LogP contribution >= 0.6 is 0 Å². The van der Waals surface area contributed by atoms with Gasteiger partial charge < -0.3 is 0 Å². The second-order valence-corrected chi connectivity index (χ2v) is 5.35. The van der Waals surface area contributed by atoms with E-state index in [2.05, 4.69) is 59.4 Å². The number of rotatable bonds is 4. The predicted molar refractivity (Wildman–Crippen MR) is 86.1 cm³/mol. The summed E-state index contributed by atoms with van der Waals surface area (Å²) < 4.78 is 2.15. The first-order chi connectivity index (χ1) is 10.8. The molecule has 0 bridgehead atoms. The largest absolute Gasteiger partial charge is 0.201 e. The van der Waals surface area contributed by atoms with Gasteiger partial charge in [0.1, 0.15) is 0 Å². The number of aromatic nitrogens is 1. The SMILES string of the molecule is N#Cc1ccc(C[n+]2ccc(Cc3ccccc3)cc2)cc1. The monoisotopic (exact) mass is 285 g/mol. The Labute approximate surface area is 130 Å². The third kappa shape index (κ3) is 3.59. The van der Waals surface area contributed by atoms with Crippen molar-refractivity contribution in [1.82, 2.24) is 0 Å². The molecule has 2 aromatic carbocycles. The molecule has 0 atom stereocenters. The molecule has 0 fully saturated rings. The summed E-state index contributed by atoms with van der Waals surface area (Å²) in [6, 6.07) is 24.7. The maximum absolute atomic E-state index is 8.81. The fourth-order valence-corrected chi connectivity index (χ4v) is 2.44. The van der Waals surface area contributed by atoms with Crippen LogP contribution in [0.2, 0.25) is 0 Å². The lowest BCUT2D eigenvalue weighted by molar-refractivity contribution is -0.688. The van der Waals surface area contributed by atoms with Gasteiger partial charge in [-0.3, -0.25) is 0 Å². The maximum atomic E-state index is 8.81. The van der Waals surface area contributed by atoms with Crippen molar-refractivity contribution in [3.05, 3.63) is 101 Å². The summed E-state index contributed by atoms with van der Waals surface area (Å²) >= 11 is 0. The van der Waals surface area contributed by atoms with Gasteiger partial charge in [-0.2, -0.15) is 5.26 Å². The number of benzene rings is 2. The highest BCUT2D eigenvalue weighted by Crippen LogP contribution is 2.08. The van der Waals surface area contributed by atoms with E-state index >= 15 is 0 Å². The van der Waals surface area contributed by atoms with Gasteiger partial charge in [-0.15, -0.1) is 0 Å². The number of nitriles is 1. The quantitative estimate of drug-likeness (QED) is 0.674. The molecule has 0 saturated heterocycles. The molecule has 1 aromatic heterocycles. The number of hydrogen-bond acceptors (Lipinski definition) is 1. The summed E-state index contributed by atoms with van der Waals surface area (Å²) in [4.78, 5) is 0. The fraction of sp³-hybridized carbons (Fsp3) is 0.100. The van der Waals surface area contributed by atoms with Crippen molar-refractivity contribution in [3.8, 4) is 6.07 Å². The summed E-state index contributed by atoms with van der Waals surface area (Å²) in [5.74, 6) is 0. The Morgan fingerprint density at radius 1 is 0.727 bits per heavy atom. The number of pyridine rings is 1. The Bertz CT molecular complexity index is 767. The van der Waals surface area contributed by atoms with Crippen LogP contribution in [0.25, 0.3) is 0 Å². The normalized spacial score (nSPS) is 10.1. The van der Waals surface area contributed by atoms with Crippen LogP contribution in [0.1, 0.15) is 22.3 Å². The van der Waals surface area contributed by atoms with Crippen LogP contribution in [0.5, 0.6) is 0 Å². The summed E-state index contributed by atoms with van der Waals surface area (Å²) in [6.45, 7) is 0.817. The molecule has 0 spiro atoms. The molecule has 0 radical (unpaired) electrons. The second-order valence-electron chi connectivity index (χ2n) is 5.35. The topological polar surface area (TPSA) is 27.7 Å². The van der Waals surface area contributed by atoms with Crippen molar-refractivity contribution >= 4 is 0 Å². The van der Waals surface area contributed by atoms with Gasteiger partial charge in [-0.25, -0.2) is 4.57 Å². The van der Waals surface area contributed by atoms with Crippen molar-refractivity contribution in [3.63, 3.8) is 0 Å². The van der Waals surface area contributed by atoms with Crippen LogP contribution < -0.4 is 4.57 Å². The van der Waals surface area contributed by atoms with Gasteiger partial charge in [0.25, 0.3) is 0 Å². The van der Waals surface area contributed by atoms with Gasteiger partial charge >= 0.3 is 0 Å². The maximum Gasteiger partial charge on any atom is 0.173 e. The van der Waals surface area contributed by atoms with E-state index in [1.807, 2.05) is 30.3 Å². The minimum atomic E-state index is 0.701. The van der Waals surface area contributed by atoms with Crippen LogP contribution in [-0.4, -0.2) is 0 Å². The Morgan fingerprint density at radius 2 is 1.36 bits per heavy atom. The third-order valence-corrected chi connectivity index (χ3v) is 3.66. The molecular formula is C20H17N2+. The molecular weight excluding hydrogens is 268 g/mol. The van der Waals surface area contributed by atoms with E-state index in [0.29, 0.717) is 5.56 Å². The minimum absolute atomic E-state index is 0.701. The van der Waals surface area contributed by atoms with E-state index < -0.39 is 0 Å². The zero-order valence-corrected chi connectivity index (χ0v) is 12.3. The molecule has 0 aliphatic heterocycles. The van der Waals surface area contributed by atoms with E-state index in [9.17, 15) is 0 Å². The van der Waals surface area contributed by atoms with Crippen molar-refractivity contribution in [1.29, 1.82) is 5.26 Å². The predicted octanol–water partition coefficient (Wildman–Crippen LogP) is 3.48. The van der Waals surface area contributed by atoms with Gasteiger partial charge in [0.2, 0.25) is 0 Å². The average molecular weight is 285 g/mol. The fourth-order valence-electron chi connectivity index (χ4n) is 2.44. The molecule has 0 aliphatic carbocycles. The summed E-state index contributed by atoms with van der Waals surface area (Å²) in [5, 5.41) is 8.81. The van der Waals surface area contributed by atoms with Gasteiger partial charge in [-0.05, 0) is 29.7 Å². The van der Waals surface area contributed by atoms with Crippen molar-refractivity contribution in [2.75, 3.05) is 0 Å². The van der Waals surface area contributed by atoms with Crippen LogP contribution in [0, 0.1) is 11.3 Å². The lowest BCUT2D eigenvalue weighted by atomic mass is 10.1. The molecule has 22 heavy (non-hydrogen) atoms. The molecule has 106 valence electrons. The number of hydrogen-bond donors (Lipinski definition) is 0. The highest BCUT2D eigenvalue weighted by atomic mass is 14.9. The van der Waals surface area contributed by atoms with Crippen LogP contribution in [0.4, 0.5) is 0 Å². The second kappa shape index (κ2) is 6.69. The molecule has 0 aliphatic rings. The summed E-state index contributed by atoms with van der Waals surface area (Å²) in [5.41, 5.74) is 4.53. The first kappa shape index (κ1) is 14.0. The first-order valence-corrected chi connectivity index (χ1v) is 7.34. The van der Waals surface area contributed by atoms with Crippen LogP contribution in [0.3, 0.4) is 0 Å². The highest BCUT2D eigenvalue weighted by molar-refractivity contribution is 5.31. The van der Waals surface area contributed by atoms with Crippen molar-refractivity contribution in [2.24, 2.45) is 0 Å². The van der Waals surface area contributed by atoms with E-state index in [0.717, 1.165) is 13.0 Å². The van der Waals surface area contributed by atoms with Crippen molar-refractivity contribution in [2.45, 2.75) is 13.0 Å². The van der Waals surface area contributed by atoms with E-state index in [1.54, 1.807) is 0 Å². The zero-order chi connectivity index (χ0) is 15.2. The molecule has 1 heterocycles. The molecule has 3 aromatic rings. The Morgan fingerprint density at radius 3 is 2.00 bits per heavy atom. The van der Waals surface area contributed by atoms with E-state index in [-0.39, 0.29) is 0 Å². The molecule has 0 saturated carbocycles. The lowest BCUT2D eigenvalue weighted by Gasteiger charge is -2.02. The third-order valence-electron chi connectivity index (χ3n) is 3.66. The number of nitrogens with zero attached hydrogens (tertiary/aromatic N) is 2. The van der Waals surface area contributed by atoms with Gasteiger partial charge in [-0.1, -0.05) is 42.5 Å². The molecule has 0 amide bonds. The highest BCUT2D eigenvalue weighted by Gasteiger charge is 2.04. The van der Waals surface area contributed by atoms with E-state index in [1.165, 1.54) is 16.7 Å². The Hall–Kier alpha value is -2.92. The summed E-state index contributed by atoms with van der Waals surface area (Å²) in [6.07, 6.45) is 5.17. The van der Waals surface area contributed by atoms with Gasteiger partial charge in [0, 0.05) is 17.7 Å². The van der Waals surface area contributed by atoms with Gasteiger partial charge in [0.15, 0.2) is 18.9 Å². The molecule has 2 nitrogen and oxygen atoms in total. The summed E-state index contributed by atoms with van der Waals surface area (Å²) in [7, 11) is 0. The average Bonchev–Trinajstić information content (AvgIpc) is 2.58. The van der Waals surface area contributed by atoms with E-state index in [4.69, 9.17) is 5.26 Å². The minimum Gasteiger partial charge on any atom is -0.201 e. The molecule has 0 N–H and O–H groups in total. The standard InChI is InChI=1S/C20H17N2/c21-15-19-6-8-20(9-7-19)16-22-12-10-18(11-13-22)14-17-4-2-1-3-5-17/h1-13H,14,16H2/q+1. The molecule has 3 rings (SSSR count).